The minimum Gasteiger partial charge on any atom is -0.478 e. The molecule has 0 radical (unpaired) electrons. The highest BCUT2D eigenvalue weighted by molar-refractivity contribution is 5.87. The molecule has 1 aromatic carbocycles. The van der Waals surface area contributed by atoms with E-state index in [9.17, 15) is 9.59 Å². The van der Waals surface area contributed by atoms with Gasteiger partial charge in [0.1, 0.15) is 0 Å². The quantitative estimate of drug-likeness (QED) is 0.849. The first-order valence-electron chi connectivity index (χ1n) is 6.41. The monoisotopic (exact) mass is 262 g/mol. The molecule has 5 heteroatoms. The SMILES string of the molecule is CN(C(=O)NCCc1cccc(C(=O)O)c1)C1CC1. The number of benzene rings is 1. The van der Waals surface area contributed by atoms with E-state index in [1.165, 1.54) is 0 Å². The zero-order valence-electron chi connectivity index (χ0n) is 10.9. The summed E-state index contributed by atoms with van der Waals surface area (Å²) in [5.41, 5.74) is 1.19. The third kappa shape index (κ3) is 3.71. The van der Waals surface area contributed by atoms with Gasteiger partial charge >= 0.3 is 12.0 Å². The van der Waals surface area contributed by atoms with Crippen molar-refractivity contribution in [2.75, 3.05) is 13.6 Å². The average molecular weight is 262 g/mol. The lowest BCUT2D eigenvalue weighted by Crippen LogP contribution is -2.39. The maximum absolute atomic E-state index is 11.7. The van der Waals surface area contributed by atoms with E-state index in [0.717, 1.165) is 18.4 Å². The number of hydrogen-bond acceptors (Lipinski definition) is 2. The molecule has 5 nitrogen and oxygen atoms in total. The fourth-order valence-electron chi connectivity index (χ4n) is 1.93. The van der Waals surface area contributed by atoms with Crippen LogP contribution in [-0.4, -0.2) is 41.6 Å². The topological polar surface area (TPSA) is 69.6 Å². The lowest BCUT2D eigenvalue weighted by Gasteiger charge is -2.17. The van der Waals surface area contributed by atoms with Crippen LogP contribution < -0.4 is 5.32 Å². The van der Waals surface area contributed by atoms with E-state index in [2.05, 4.69) is 5.32 Å². The maximum atomic E-state index is 11.7. The van der Waals surface area contributed by atoms with Gasteiger partial charge in [-0.15, -0.1) is 0 Å². The van der Waals surface area contributed by atoms with E-state index in [1.807, 2.05) is 6.07 Å². The van der Waals surface area contributed by atoms with Crippen LogP contribution in [-0.2, 0) is 6.42 Å². The van der Waals surface area contributed by atoms with Crippen LogP contribution in [0.4, 0.5) is 4.79 Å². The summed E-state index contributed by atoms with van der Waals surface area (Å²) in [7, 11) is 1.80. The minimum absolute atomic E-state index is 0.0584. The molecule has 0 aromatic heterocycles. The number of amides is 2. The Balaban J connectivity index is 1.80. The van der Waals surface area contributed by atoms with Gasteiger partial charge in [0.15, 0.2) is 0 Å². The van der Waals surface area contributed by atoms with E-state index in [4.69, 9.17) is 5.11 Å². The second-order valence-corrected chi connectivity index (χ2v) is 4.83. The number of rotatable bonds is 5. The molecule has 0 unspecified atom stereocenters. The highest BCUT2D eigenvalue weighted by atomic mass is 16.4. The fourth-order valence-corrected chi connectivity index (χ4v) is 1.93. The predicted molar refractivity (Wildman–Crippen MR) is 71.3 cm³/mol. The smallest absolute Gasteiger partial charge is 0.335 e. The van der Waals surface area contributed by atoms with Crippen molar-refractivity contribution in [3.05, 3.63) is 35.4 Å². The highest BCUT2D eigenvalue weighted by Gasteiger charge is 2.29. The van der Waals surface area contributed by atoms with Gasteiger partial charge < -0.3 is 15.3 Å². The summed E-state index contributed by atoms with van der Waals surface area (Å²) in [5, 5.41) is 11.7. The van der Waals surface area contributed by atoms with Crippen molar-refractivity contribution < 1.29 is 14.7 Å². The number of nitrogens with one attached hydrogen (secondary N) is 1. The van der Waals surface area contributed by atoms with Crippen molar-refractivity contribution in [2.45, 2.75) is 25.3 Å². The Morgan fingerprint density at radius 2 is 2.16 bits per heavy atom. The number of carbonyl (C=O) groups excluding carboxylic acids is 1. The van der Waals surface area contributed by atoms with Crippen molar-refractivity contribution >= 4 is 12.0 Å². The molecule has 2 amide bonds. The summed E-state index contributed by atoms with van der Waals surface area (Å²) in [5.74, 6) is -0.931. The van der Waals surface area contributed by atoms with Gasteiger partial charge in [-0.3, -0.25) is 0 Å². The Morgan fingerprint density at radius 3 is 2.79 bits per heavy atom. The molecule has 2 N–H and O–H groups in total. The first-order chi connectivity index (χ1) is 9.08. The molecule has 1 fully saturated rings. The zero-order valence-corrected chi connectivity index (χ0v) is 10.9. The van der Waals surface area contributed by atoms with Gasteiger partial charge in [0.2, 0.25) is 0 Å². The molecule has 0 saturated heterocycles. The van der Waals surface area contributed by atoms with Gasteiger partial charge in [0.25, 0.3) is 0 Å². The van der Waals surface area contributed by atoms with Gasteiger partial charge in [-0.1, -0.05) is 12.1 Å². The highest BCUT2D eigenvalue weighted by Crippen LogP contribution is 2.25. The minimum atomic E-state index is -0.931. The molecular weight excluding hydrogens is 244 g/mol. The van der Waals surface area contributed by atoms with E-state index in [0.29, 0.717) is 19.0 Å². The number of urea groups is 1. The average Bonchev–Trinajstić information content (AvgIpc) is 3.22. The Hall–Kier alpha value is -2.04. The maximum Gasteiger partial charge on any atom is 0.335 e. The molecule has 1 aliphatic rings. The van der Waals surface area contributed by atoms with Crippen molar-refractivity contribution in [1.82, 2.24) is 10.2 Å². The van der Waals surface area contributed by atoms with Crippen molar-refractivity contribution in [3.63, 3.8) is 0 Å². The summed E-state index contributed by atoms with van der Waals surface area (Å²) in [6.45, 7) is 0.513. The van der Waals surface area contributed by atoms with Crippen LogP contribution in [0.5, 0.6) is 0 Å². The van der Waals surface area contributed by atoms with Crippen LogP contribution in [0.15, 0.2) is 24.3 Å². The Kier molecular flexibility index (Phi) is 4.04. The first kappa shape index (κ1) is 13.4. The zero-order chi connectivity index (χ0) is 13.8. The number of nitrogens with zero attached hydrogens (tertiary/aromatic N) is 1. The second kappa shape index (κ2) is 5.73. The van der Waals surface area contributed by atoms with E-state index >= 15 is 0 Å². The number of aromatic carboxylic acids is 1. The van der Waals surface area contributed by atoms with Crippen LogP contribution in [0.2, 0.25) is 0 Å². The summed E-state index contributed by atoms with van der Waals surface area (Å²) in [6.07, 6.45) is 2.81. The third-order valence-electron chi connectivity index (χ3n) is 3.28. The molecule has 102 valence electrons. The van der Waals surface area contributed by atoms with Gasteiger partial charge in [0.05, 0.1) is 5.56 Å². The molecular formula is C14H18N2O3. The van der Waals surface area contributed by atoms with Crippen LogP contribution in [0.3, 0.4) is 0 Å². The molecule has 0 bridgehead atoms. The molecule has 0 heterocycles. The van der Waals surface area contributed by atoms with Gasteiger partial charge in [-0.25, -0.2) is 9.59 Å². The van der Waals surface area contributed by atoms with Gasteiger partial charge in [0, 0.05) is 19.6 Å². The predicted octanol–water partition coefficient (Wildman–Crippen LogP) is 1.73. The van der Waals surface area contributed by atoms with Crippen LogP contribution in [0, 0.1) is 0 Å². The molecule has 1 aliphatic carbocycles. The number of hydrogen-bond donors (Lipinski definition) is 2. The Labute approximate surface area is 112 Å². The molecule has 2 rings (SSSR count). The van der Waals surface area contributed by atoms with E-state index < -0.39 is 5.97 Å². The van der Waals surface area contributed by atoms with E-state index in [1.54, 1.807) is 30.1 Å². The normalized spacial score (nSPS) is 13.9. The second-order valence-electron chi connectivity index (χ2n) is 4.83. The van der Waals surface area contributed by atoms with Crippen molar-refractivity contribution in [2.24, 2.45) is 0 Å². The summed E-state index contributed by atoms with van der Waals surface area (Å²) in [6, 6.07) is 7.12. The molecule has 0 atom stereocenters. The van der Waals surface area contributed by atoms with Crippen LogP contribution >= 0.6 is 0 Å². The van der Waals surface area contributed by atoms with Gasteiger partial charge in [-0.2, -0.15) is 0 Å². The first-order valence-corrected chi connectivity index (χ1v) is 6.41. The molecule has 1 saturated carbocycles. The van der Waals surface area contributed by atoms with Crippen molar-refractivity contribution in [3.8, 4) is 0 Å². The Morgan fingerprint density at radius 1 is 1.42 bits per heavy atom. The van der Waals surface area contributed by atoms with Crippen molar-refractivity contribution in [1.29, 1.82) is 0 Å². The summed E-state index contributed by atoms with van der Waals surface area (Å²) in [4.78, 5) is 24.3. The number of carbonyl (C=O) groups is 2. The number of carboxylic acid groups (broad SMARTS) is 1. The third-order valence-corrected chi connectivity index (χ3v) is 3.28. The molecule has 1 aromatic rings. The van der Waals surface area contributed by atoms with E-state index in [-0.39, 0.29) is 11.6 Å². The van der Waals surface area contributed by atoms with Crippen LogP contribution in [0.25, 0.3) is 0 Å². The standard InChI is InChI=1S/C14H18N2O3/c1-16(12-5-6-12)14(19)15-8-7-10-3-2-4-11(9-10)13(17)18/h2-4,9,12H,5-8H2,1H3,(H,15,19)(H,17,18). The molecule has 19 heavy (non-hydrogen) atoms. The summed E-state index contributed by atoms with van der Waals surface area (Å²) < 4.78 is 0. The number of carboxylic acids is 1. The fraction of sp³-hybridized carbons (Fsp3) is 0.429. The molecule has 0 aliphatic heterocycles. The lowest BCUT2D eigenvalue weighted by atomic mass is 10.1. The largest absolute Gasteiger partial charge is 0.478 e. The van der Waals surface area contributed by atoms with Crippen LogP contribution in [0.1, 0.15) is 28.8 Å². The summed E-state index contributed by atoms with van der Waals surface area (Å²) >= 11 is 0. The Bertz CT molecular complexity index is 483. The molecule has 0 spiro atoms. The van der Waals surface area contributed by atoms with Gasteiger partial charge in [-0.05, 0) is 37.0 Å². The lowest BCUT2D eigenvalue weighted by molar-refractivity contribution is 0.0696.